The molecule has 2 fully saturated rings. The Morgan fingerprint density at radius 1 is 1.24 bits per heavy atom. The average Bonchev–Trinajstić information content (AvgIpc) is 2.58. The van der Waals surface area contributed by atoms with Crippen molar-refractivity contribution in [2.45, 2.75) is 46.1 Å². The maximum absolute atomic E-state index is 12.4. The van der Waals surface area contributed by atoms with Crippen LogP contribution in [0.1, 0.15) is 40.0 Å². The number of hydrogen-bond donors (Lipinski definition) is 2. The summed E-state index contributed by atoms with van der Waals surface area (Å²) in [5, 5.41) is 5.71. The molecular formula is C18H32N4O3. The van der Waals surface area contributed by atoms with Crippen LogP contribution in [0.15, 0.2) is 0 Å². The van der Waals surface area contributed by atoms with Crippen LogP contribution < -0.4 is 10.6 Å². The van der Waals surface area contributed by atoms with Crippen molar-refractivity contribution in [2.24, 2.45) is 11.8 Å². The van der Waals surface area contributed by atoms with Crippen molar-refractivity contribution in [2.75, 3.05) is 39.3 Å². The Morgan fingerprint density at radius 2 is 1.92 bits per heavy atom. The zero-order chi connectivity index (χ0) is 18.4. The molecule has 0 aromatic rings. The minimum Gasteiger partial charge on any atom is -0.353 e. The van der Waals surface area contributed by atoms with E-state index in [0.29, 0.717) is 25.4 Å². The number of rotatable bonds is 6. The Hall–Kier alpha value is -1.63. The smallest absolute Gasteiger partial charge is 0.242 e. The summed E-state index contributed by atoms with van der Waals surface area (Å²) in [7, 11) is 0. The van der Waals surface area contributed by atoms with Gasteiger partial charge in [0.05, 0.1) is 6.54 Å². The van der Waals surface area contributed by atoms with E-state index in [-0.39, 0.29) is 42.6 Å². The number of carbonyl (C=O) groups excluding carboxylic acids is 3. The van der Waals surface area contributed by atoms with E-state index < -0.39 is 0 Å². The summed E-state index contributed by atoms with van der Waals surface area (Å²) in [5.41, 5.74) is 0. The van der Waals surface area contributed by atoms with Crippen LogP contribution in [0.2, 0.25) is 0 Å². The van der Waals surface area contributed by atoms with Gasteiger partial charge in [0.15, 0.2) is 0 Å². The molecule has 7 nitrogen and oxygen atoms in total. The number of nitrogens with one attached hydrogen (secondary N) is 2. The standard InChI is InChI=1S/C18H32N4O3/c1-4-21-5-7-22(8-6-21)17(24)12-19-18(25)14-10-15(9-13(2)3)20-16(23)11-14/h13-15H,4-12H2,1-3H3,(H,19,25)(H,20,23)/t14-,15-/m1/s1. The van der Waals surface area contributed by atoms with E-state index in [1.165, 1.54) is 0 Å². The highest BCUT2D eigenvalue weighted by molar-refractivity contribution is 5.89. The van der Waals surface area contributed by atoms with Gasteiger partial charge in [-0.3, -0.25) is 14.4 Å². The van der Waals surface area contributed by atoms with E-state index in [4.69, 9.17) is 0 Å². The summed E-state index contributed by atoms with van der Waals surface area (Å²) >= 11 is 0. The molecule has 2 N–H and O–H groups in total. The summed E-state index contributed by atoms with van der Waals surface area (Å²) in [6, 6.07) is 0.0508. The molecular weight excluding hydrogens is 320 g/mol. The van der Waals surface area contributed by atoms with Gasteiger partial charge in [-0.1, -0.05) is 20.8 Å². The predicted molar refractivity (Wildman–Crippen MR) is 95.8 cm³/mol. The zero-order valence-electron chi connectivity index (χ0n) is 15.7. The first kappa shape index (κ1) is 19.7. The molecule has 0 aliphatic carbocycles. The van der Waals surface area contributed by atoms with E-state index in [9.17, 15) is 14.4 Å². The summed E-state index contributed by atoms with van der Waals surface area (Å²) in [4.78, 5) is 40.6. The van der Waals surface area contributed by atoms with Crippen LogP contribution in [0.5, 0.6) is 0 Å². The van der Waals surface area contributed by atoms with Crippen molar-refractivity contribution in [3.8, 4) is 0 Å². The third-order valence-corrected chi connectivity index (χ3v) is 5.08. The van der Waals surface area contributed by atoms with Gasteiger partial charge < -0.3 is 20.4 Å². The second kappa shape index (κ2) is 9.17. The number of carbonyl (C=O) groups is 3. The fourth-order valence-electron chi connectivity index (χ4n) is 3.65. The molecule has 2 aliphatic heterocycles. The highest BCUT2D eigenvalue weighted by Crippen LogP contribution is 2.21. The van der Waals surface area contributed by atoms with Crippen LogP contribution in [0, 0.1) is 11.8 Å². The average molecular weight is 352 g/mol. The molecule has 0 bridgehead atoms. The molecule has 2 saturated heterocycles. The third kappa shape index (κ3) is 5.99. The molecule has 142 valence electrons. The summed E-state index contributed by atoms with van der Waals surface area (Å²) in [6.45, 7) is 10.5. The summed E-state index contributed by atoms with van der Waals surface area (Å²) < 4.78 is 0. The van der Waals surface area contributed by atoms with E-state index in [1.54, 1.807) is 0 Å². The molecule has 0 radical (unpaired) electrons. The summed E-state index contributed by atoms with van der Waals surface area (Å²) in [5.74, 6) is -0.149. The normalized spacial score (nSPS) is 25.0. The van der Waals surface area contributed by atoms with E-state index in [1.807, 2.05) is 4.90 Å². The molecule has 7 heteroatoms. The van der Waals surface area contributed by atoms with Crippen molar-refractivity contribution in [1.82, 2.24) is 20.4 Å². The van der Waals surface area contributed by atoms with Gasteiger partial charge in [0, 0.05) is 44.6 Å². The van der Waals surface area contributed by atoms with Gasteiger partial charge in [-0.15, -0.1) is 0 Å². The fraction of sp³-hybridized carbons (Fsp3) is 0.833. The van der Waals surface area contributed by atoms with Crippen LogP contribution in [0.4, 0.5) is 0 Å². The zero-order valence-corrected chi connectivity index (χ0v) is 15.7. The van der Waals surface area contributed by atoms with Crippen LogP contribution in [-0.4, -0.2) is 72.8 Å². The first-order chi connectivity index (χ1) is 11.9. The van der Waals surface area contributed by atoms with Crippen LogP contribution >= 0.6 is 0 Å². The van der Waals surface area contributed by atoms with Crippen molar-refractivity contribution >= 4 is 17.7 Å². The minimum atomic E-state index is -0.331. The Bertz CT molecular complexity index is 487. The van der Waals surface area contributed by atoms with Crippen LogP contribution in [-0.2, 0) is 14.4 Å². The first-order valence-corrected chi connectivity index (χ1v) is 9.46. The van der Waals surface area contributed by atoms with E-state index in [2.05, 4.69) is 36.3 Å². The highest BCUT2D eigenvalue weighted by Gasteiger charge is 2.32. The molecule has 2 rings (SSSR count). The third-order valence-electron chi connectivity index (χ3n) is 5.08. The molecule has 0 saturated carbocycles. The number of hydrogen-bond acceptors (Lipinski definition) is 4. The quantitative estimate of drug-likeness (QED) is 0.716. The number of nitrogens with zero attached hydrogens (tertiary/aromatic N) is 2. The molecule has 0 aromatic heterocycles. The second-order valence-corrected chi connectivity index (χ2v) is 7.56. The lowest BCUT2D eigenvalue weighted by Crippen LogP contribution is -2.52. The molecule has 0 aromatic carbocycles. The molecule has 2 heterocycles. The Labute approximate surface area is 150 Å². The molecule has 2 atom stereocenters. The molecule has 2 aliphatic rings. The van der Waals surface area contributed by atoms with Gasteiger partial charge >= 0.3 is 0 Å². The van der Waals surface area contributed by atoms with Crippen molar-refractivity contribution in [1.29, 1.82) is 0 Å². The maximum atomic E-state index is 12.4. The Kier molecular flexibility index (Phi) is 7.23. The highest BCUT2D eigenvalue weighted by atomic mass is 16.2. The number of piperidine rings is 1. The van der Waals surface area contributed by atoms with Crippen molar-refractivity contribution < 1.29 is 14.4 Å². The van der Waals surface area contributed by atoms with Crippen molar-refractivity contribution in [3.63, 3.8) is 0 Å². The number of likely N-dealkylation sites (N-methyl/N-ethyl adjacent to an activating group) is 1. The molecule has 3 amide bonds. The lowest BCUT2D eigenvalue weighted by atomic mass is 9.87. The van der Waals surface area contributed by atoms with Gasteiger partial charge in [0.25, 0.3) is 0 Å². The van der Waals surface area contributed by atoms with Gasteiger partial charge in [-0.2, -0.15) is 0 Å². The first-order valence-electron chi connectivity index (χ1n) is 9.46. The largest absolute Gasteiger partial charge is 0.353 e. The molecule has 0 spiro atoms. The van der Waals surface area contributed by atoms with Crippen LogP contribution in [0.25, 0.3) is 0 Å². The predicted octanol–water partition coefficient (Wildman–Crippen LogP) is 0.208. The SMILES string of the molecule is CCN1CCN(C(=O)CNC(=O)[C@H]2CC(=O)N[C@H](CC(C)C)C2)CC1. The second-order valence-electron chi connectivity index (χ2n) is 7.56. The molecule has 0 unspecified atom stereocenters. The van der Waals surface area contributed by atoms with Gasteiger partial charge in [0.1, 0.15) is 0 Å². The Balaban J connectivity index is 1.77. The van der Waals surface area contributed by atoms with Gasteiger partial charge in [0.2, 0.25) is 17.7 Å². The van der Waals surface area contributed by atoms with Crippen molar-refractivity contribution in [3.05, 3.63) is 0 Å². The lowest BCUT2D eigenvalue weighted by molar-refractivity contribution is -0.137. The molecule has 25 heavy (non-hydrogen) atoms. The lowest BCUT2D eigenvalue weighted by Gasteiger charge is -2.34. The Morgan fingerprint density at radius 3 is 2.52 bits per heavy atom. The topological polar surface area (TPSA) is 81.8 Å². The van der Waals surface area contributed by atoms with Gasteiger partial charge in [-0.25, -0.2) is 0 Å². The van der Waals surface area contributed by atoms with Crippen LogP contribution in [0.3, 0.4) is 0 Å². The maximum Gasteiger partial charge on any atom is 0.242 e. The van der Waals surface area contributed by atoms with E-state index in [0.717, 1.165) is 26.1 Å². The van der Waals surface area contributed by atoms with Gasteiger partial charge in [-0.05, 0) is 25.3 Å². The summed E-state index contributed by atoms with van der Waals surface area (Å²) in [6.07, 6.45) is 1.74. The monoisotopic (exact) mass is 352 g/mol. The number of piperazine rings is 1. The number of amides is 3. The van der Waals surface area contributed by atoms with E-state index >= 15 is 0 Å². The minimum absolute atomic E-state index is 0.0257. The fourth-order valence-corrected chi connectivity index (χ4v) is 3.65.